The van der Waals surface area contributed by atoms with E-state index in [2.05, 4.69) is 31.7 Å². The van der Waals surface area contributed by atoms with Crippen LogP contribution in [0.4, 0.5) is 0 Å². The highest BCUT2D eigenvalue weighted by Gasteiger charge is 2.28. The van der Waals surface area contributed by atoms with Crippen molar-refractivity contribution in [2.24, 2.45) is 5.92 Å². The van der Waals surface area contributed by atoms with Gasteiger partial charge in [0.2, 0.25) is 5.91 Å². The first-order chi connectivity index (χ1) is 11.8. The maximum Gasteiger partial charge on any atom is 0.222 e. The van der Waals surface area contributed by atoms with Crippen molar-refractivity contribution >= 4 is 5.91 Å². The van der Waals surface area contributed by atoms with Gasteiger partial charge in [-0.05, 0) is 18.6 Å². The van der Waals surface area contributed by atoms with Gasteiger partial charge in [-0.2, -0.15) is 0 Å². The van der Waals surface area contributed by atoms with Crippen LogP contribution in [0.3, 0.4) is 0 Å². The molecule has 1 fully saturated rings. The van der Waals surface area contributed by atoms with Gasteiger partial charge in [0.25, 0.3) is 0 Å². The fourth-order valence-electron chi connectivity index (χ4n) is 3.79. The third kappa shape index (κ3) is 3.33. The predicted octanol–water partition coefficient (Wildman–Crippen LogP) is 1.53. The molecule has 2 aliphatic heterocycles. The molecule has 2 aromatic rings. The Balaban J connectivity index is 1.51. The van der Waals surface area contributed by atoms with E-state index in [4.69, 9.17) is 0 Å². The van der Waals surface area contributed by atoms with Gasteiger partial charge in [-0.1, -0.05) is 6.07 Å². The number of pyridine rings is 1. The van der Waals surface area contributed by atoms with Crippen molar-refractivity contribution in [1.82, 2.24) is 24.3 Å². The summed E-state index contributed by atoms with van der Waals surface area (Å²) in [6, 6.07) is 6.04. The lowest BCUT2D eigenvalue weighted by Crippen LogP contribution is -2.37. The maximum atomic E-state index is 12.0. The summed E-state index contributed by atoms with van der Waals surface area (Å²) in [5, 5.41) is 0. The first kappa shape index (κ1) is 15.3. The average molecular weight is 325 g/mol. The minimum atomic E-state index is 0.307. The lowest BCUT2D eigenvalue weighted by molar-refractivity contribution is -0.128. The highest BCUT2D eigenvalue weighted by Crippen LogP contribution is 2.20. The Bertz CT molecular complexity index is 698. The van der Waals surface area contributed by atoms with Gasteiger partial charge in [0.1, 0.15) is 5.82 Å². The van der Waals surface area contributed by atoms with Crippen LogP contribution >= 0.6 is 0 Å². The molecular weight excluding hydrogens is 302 g/mol. The molecule has 0 aliphatic carbocycles. The Morgan fingerprint density at radius 1 is 1.17 bits per heavy atom. The summed E-state index contributed by atoms with van der Waals surface area (Å²) in [5.41, 5.74) is 1.08. The number of carbonyl (C=O) groups is 1. The van der Waals surface area contributed by atoms with E-state index in [1.807, 2.05) is 29.4 Å². The molecule has 6 heteroatoms. The highest BCUT2D eigenvalue weighted by molar-refractivity contribution is 5.78. The van der Waals surface area contributed by atoms with Gasteiger partial charge >= 0.3 is 0 Å². The van der Waals surface area contributed by atoms with E-state index >= 15 is 0 Å². The van der Waals surface area contributed by atoms with E-state index in [-0.39, 0.29) is 0 Å². The van der Waals surface area contributed by atoms with E-state index in [1.165, 1.54) is 0 Å². The summed E-state index contributed by atoms with van der Waals surface area (Å²) in [6.07, 6.45) is 7.48. The summed E-state index contributed by atoms with van der Waals surface area (Å²) >= 11 is 0. The number of rotatable bonds is 4. The number of amides is 1. The van der Waals surface area contributed by atoms with Gasteiger partial charge in [-0.15, -0.1) is 0 Å². The van der Waals surface area contributed by atoms with Crippen molar-refractivity contribution < 1.29 is 4.79 Å². The van der Waals surface area contributed by atoms with Crippen LogP contribution in [-0.2, 0) is 24.4 Å². The maximum absolute atomic E-state index is 12.0. The zero-order valence-corrected chi connectivity index (χ0v) is 13.8. The normalized spacial score (nSPS) is 21.8. The summed E-state index contributed by atoms with van der Waals surface area (Å²) in [6.45, 7) is 5.29. The van der Waals surface area contributed by atoms with Crippen molar-refractivity contribution in [3.63, 3.8) is 0 Å². The van der Waals surface area contributed by atoms with Crippen LogP contribution in [0.5, 0.6) is 0 Å². The molecule has 0 radical (unpaired) electrons. The van der Waals surface area contributed by atoms with E-state index in [0.29, 0.717) is 18.2 Å². The van der Waals surface area contributed by atoms with Crippen molar-refractivity contribution in [3.05, 3.63) is 48.3 Å². The van der Waals surface area contributed by atoms with Gasteiger partial charge in [-0.3, -0.25) is 14.7 Å². The SMILES string of the molecule is O=C1CCCN1C[C@H]1CN(Cc2ccccn2)Cc2nccn2C1. The zero-order valence-electron chi connectivity index (χ0n) is 13.8. The molecule has 2 aliphatic rings. The fourth-order valence-corrected chi connectivity index (χ4v) is 3.79. The standard InChI is InChI=1S/C18H23N5O/c24-18-5-3-8-23(18)12-15-10-21(13-16-4-1-2-6-19-16)14-17-20-7-9-22(17)11-15/h1-2,4,6-7,9,15H,3,5,8,10-14H2/t15-/m0/s1. The molecule has 24 heavy (non-hydrogen) atoms. The molecule has 0 spiro atoms. The summed E-state index contributed by atoms with van der Waals surface area (Å²) in [5.74, 6) is 1.83. The molecule has 0 unspecified atom stereocenters. The molecule has 2 aromatic heterocycles. The monoisotopic (exact) mass is 325 g/mol. The average Bonchev–Trinajstić information content (AvgIpc) is 3.14. The zero-order chi connectivity index (χ0) is 16.4. The number of carbonyl (C=O) groups excluding carboxylic acids is 1. The number of hydrogen-bond acceptors (Lipinski definition) is 4. The van der Waals surface area contributed by atoms with E-state index in [9.17, 15) is 4.79 Å². The number of imidazole rings is 1. The summed E-state index contributed by atoms with van der Waals surface area (Å²) in [7, 11) is 0. The molecule has 1 atom stereocenters. The van der Waals surface area contributed by atoms with E-state index < -0.39 is 0 Å². The Morgan fingerprint density at radius 2 is 2.12 bits per heavy atom. The van der Waals surface area contributed by atoms with Crippen LogP contribution in [0.1, 0.15) is 24.4 Å². The molecule has 0 bridgehead atoms. The van der Waals surface area contributed by atoms with Crippen LogP contribution in [0, 0.1) is 5.92 Å². The van der Waals surface area contributed by atoms with Crippen molar-refractivity contribution in [2.75, 3.05) is 19.6 Å². The largest absolute Gasteiger partial charge is 0.342 e. The Hall–Kier alpha value is -2.21. The number of hydrogen-bond donors (Lipinski definition) is 0. The van der Waals surface area contributed by atoms with Crippen molar-refractivity contribution in [2.45, 2.75) is 32.5 Å². The van der Waals surface area contributed by atoms with E-state index in [1.54, 1.807) is 0 Å². The molecule has 4 rings (SSSR count). The van der Waals surface area contributed by atoms with Gasteiger partial charge in [0.15, 0.2) is 0 Å². The van der Waals surface area contributed by atoms with Gasteiger partial charge in [0.05, 0.1) is 12.2 Å². The van der Waals surface area contributed by atoms with Gasteiger partial charge in [0, 0.05) is 63.7 Å². The lowest BCUT2D eigenvalue weighted by atomic mass is 10.1. The summed E-state index contributed by atoms with van der Waals surface area (Å²) < 4.78 is 2.24. The number of nitrogens with zero attached hydrogens (tertiary/aromatic N) is 5. The number of fused-ring (bicyclic) bond motifs is 1. The molecule has 1 saturated heterocycles. The minimum absolute atomic E-state index is 0.307. The Kier molecular flexibility index (Phi) is 4.30. The second-order valence-corrected chi connectivity index (χ2v) is 6.80. The molecular formula is C18H23N5O. The van der Waals surface area contributed by atoms with Crippen LogP contribution in [0.2, 0.25) is 0 Å². The third-order valence-electron chi connectivity index (χ3n) is 4.90. The van der Waals surface area contributed by atoms with E-state index in [0.717, 1.165) is 57.2 Å². The third-order valence-corrected chi connectivity index (χ3v) is 4.90. The smallest absolute Gasteiger partial charge is 0.222 e. The molecule has 1 amide bonds. The number of likely N-dealkylation sites (tertiary alicyclic amines) is 1. The topological polar surface area (TPSA) is 54.3 Å². The first-order valence-electron chi connectivity index (χ1n) is 8.68. The molecule has 0 saturated carbocycles. The molecule has 4 heterocycles. The lowest BCUT2D eigenvalue weighted by Gasteiger charge is -2.27. The van der Waals surface area contributed by atoms with Crippen LogP contribution in [-0.4, -0.2) is 49.9 Å². The van der Waals surface area contributed by atoms with Gasteiger partial charge < -0.3 is 9.47 Å². The number of aromatic nitrogens is 3. The minimum Gasteiger partial charge on any atom is -0.342 e. The van der Waals surface area contributed by atoms with Crippen molar-refractivity contribution in [1.29, 1.82) is 0 Å². The Labute approximate surface area is 142 Å². The van der Waals surface area contributed by atoms with Gasteiger partial charge in [-0.25, -0.2) is 4.98 Å². The first-order valence-corrected chi connectivity index (χ1v) is 8.68. The summed E-state index contributed by atoms with van der Waals surface area (Å²) in [4.78, 5) is 25.4. The predicted molar refractivity (Wildman–Crippen MR) is 89.9 cm³/mol. The highest BCUT2D eigenvalue weighted by atomic mass is 16.2. The van der Waals surface area contributed by atoms with Crippen molar-refractivity contribution in [3.8, 4) is 0 Å². The quantitative estimate of drug-likeness (QED) is 0.855. The Morgan fingerprint density at radius 3 is 2.92 bits per heavy atom. The molecule has 0 aromatic carbocycles. The second-order valence-electron chi connectivity index (χ2n) is 6.80. The molecule has 126 valence electrons. The van der Waals surface area contributed by atoms with Crippen LogP contribution < -0.4 is 0 Å². The van der Waals surface area contributed by atoms with Crippen LogP contribution in [0.25, 0.3) is 0 Å². The van der Waals surface area contributed by atoms with Crippen LogP contribution in [0.15, 0.2) is 36.8 Å². The molecule has 0 N–H and O–H groups in total. The molecule has 6 nitrogen and oxygen atoms in total. The fraction of sp³-hybridized carbons (Fsp3) is 0.500. The second kappa shape index (κ2) is 6.73.